The first-order chi connectivity index (χ1) is 41.6. The number of nitrogens with one attached hydrogen (secondary N) is 4. The Balaban J connectivity index is 0.000000321. The maximum atomic E-state index is 13.4. The summed E-state index contributed by atoms with van der Waals surface area (Å²) in [4.78, 5) is 98.2. The predicted molar refractivity (Wildman–Crippen MR) is 334 cm³/mol. The van der Waals surface area contributed by atoms with Crippen LogP contribution in [0.4, 0.5) is 34.1 Å². The standard InChI is InChI=1S/C33H40N4O8.C31H36N4O8/c1-7-20(5)44-28-15-22(31(34)38)9-12-25(28)35-32(39)23-10-13-26(29(16-23)45-21(6)8-2)36-33(40)24-11-14-27(37(41)42)30(17-24)43-18-19(3)4;1-17(2)16-41-26-13-20(29(32)36)7-10-23(26)33-30(37)21-8-11-24(27(14-21)42-18(3)4)34-31(38)22-9-12-25(35(39)40)28(15-22)43-19(5)6/h9-17,19-21H,7-8,18H2,1-6H3,(H2,34,38)(H,35,39)(H,36,40);7-15,17-19H,16H2,1-6H3,(H2,32,36)(H,33,37)(H,34,38). The maximum Gasteiger partial charge on any atom is 0.310 e. The molecule has 0 aromatic heterocycles. The van der Waals surface area contributed by atoms with Crippen LogP contribution in [0.2, 0.25) is 0 Å². The van der Waals surface area contributed by atoms with Gasteiger partial charge in [0, 0.05) is 57.6 Å². The van der Waals surface area contributed by atoms with Crippen molar-refractivity contribution in [1.82, 2.24) is 0 Å². The van der Waals surface area contributed by atoms with Gasteiger partial charge < -0.3 is 61.2 Å². The first kappa shape index (κ1) is 68.5. The molecule has 0 aliphatic heterocycles. The van der Waals surface area contributed by atoms with Gasteiger partial charge in [-0.15, -0.1) is 0 Å². The lowest BCUT2D eigenvalue weighted by Crippen LogP contribution is -2.19. The van der Waals surface area contributed by atoms with Crippen LogP contribution in [-0.4, -0.2) is 82.9 Å². The molecule has 2 unspecified atom stereocenters. The first-order valence-corrected chi connectivity index (χ1v) is 28.5. The largest absolute Gasteiger partial charge is 0.491 e. The highest BCUT2D eigenvalue weighted by atomic mass is 16.6. The molecule has 0 bridgehead atoms. The third-order valence-corrected chi connectivity index (χ3v) is 12.5. The third kappa shape index (κ3) is 19.9. The van der Waals surface area contributed by atoms with E-state index in [2.05, 4.69) is 21.3 Å². The highest BCUT2D eigenvalue weighted by Gasteiger charge is 2.24. The zero-order valence-corrected chi connectivity index (χ0v) is 51.3. The van der Waals surface area contributed by atoms with Gasteiger partial charge in [0.15, 0.2) is 11.5 Å². The highest BCUT2D eigenvalue weighted by molar-refractivity contribution is 6.10. The summed E-state index contributed by atoms with van der Waals surface area (Å²) in [6.07, 6.45) is 0.286. The van der Waals surface area contributed by atoms with Gasteiger partial charge in [-0.2, -0.15) is 0 Å². The minimum absolute atomic E-state index is 0.00927. The molecule has 6 aromatic carbocycles. The molecule has 2 atom stereocenters. The van der Waals surface area contributed by atoms with Gasteiger partial charge in [0.1, 0.15) is 23.0 Å². The lowest BCUT2D eigenvalue weighted by molar-refractivity contribution is -0.386. The number of rotatable bonds is 28. The van der Waals surface area contributed by atoms with Crippen molar-refractivity contribution in [1.29, 1.82) is 0 Å². The molecule has 0 aliphatic rings. The Morgan fingerprint density at radius 3 is 1.01 bits per heavy atom. The number of carbonyl (C=O) groups excluding carboxylic acids is 6. The van der Waals surface area contributed by atoms with E-state index in [0.29, 0.717) is 48.0 Å². The molecule has 468 valence electrons. The van der Waals surface area contributed by atoms with Gasteiger partial charge in [-0.05, 0) is 151 Å². The van der Waals surface area contributed by atoms with Crippen molar-refractivity contribution in [3.63, 3.8) is 0 Å². The summed E-state index contributed by atoms with van der Waals surface area (Å²) in [6.45, 7) is 23.0. The van der Waals surface area contributed by atoms with Gasteiger partial charge in [0.2, 0.25) is 11.8 Å². The van der Waals surface area contributed by atoms with Crippen LogP contribution in [0, 0.1) is 32.1 Å². The van der Waals surface area contributed by atoms with Crippen LogP contribution in [0.25, 0.3) is 0 Å². The second-order valence-electron chi connectivity index (χ2n) is 21.7. The van der Waals surface area contributed by atoms with E-state index < -0.39 is 45.3 Å². The van der Waals surface area contributed by atoms with E-state index in [4.69, 9.17) is 39.9 Å². The van der Waals surface area contributed by atoms with E-state index >= 15 is 0 Å². The van der Waals surface area contributed by atoms with Crippen LogP contribution in [0.15, 0.2) is 109 Å². The second-order valence-corrected chi connectivity index (χ2v) is 21.7. The van der Waals surface area contributed by atoms with Gasteiger partial charge in [-0.1, -0.05) is 41.5 Å². The number of anilines is 4. The van der Waals surface area contributed by atoms with Crippen LogP contribution in [0.5, 0.6) is 34.5 Å². The summed E-state index contributed by atoms with van der Waals surface area (Å²) in [5.74, 6) is -1.97. The Kier molecular flexibility index (Phi) is 24.7. The lowest BCUT2D eigenvalue weighted by Gasteiger charge is -2.19. The number of nitro groups is 2. The Hall–Kier alpha value is -10.3. The molecular formula is C64H76N8O16. The molecule has 24 heteroatoms. The van der Waals surface area contributed by atoms with Gasteiger partial charge in [0.25, 0.3) is 23.6 Å². The van der Waals surface area contributed by atoms with Gasteiger partial charge in [0.05, 0.1) is 70.2 Å². The van der Waals surface area contributed by atoms with Crippen molar-refractivity contribution in [3.05, 3.63) is 163 Å². The van der Waals surface area contributed by atoms with E-state index in [-0.39, 0.29) is 116 Å². The fourth-order valence-corrected chi connectivity index (χ4v) is 7.72. The minimum Gasteiger partial charge on any atom is -0.491 e. The van der Waals surface area contributed by atoms with E-state index in [9.17, 15) is 49.0 Å². The molecule has 6 amide bonds. The van der Waals surface area contributed by atoms with E-state index in [1.165, 1.54) is 97.1 Å². The summed E-state index contributed by atoms with van der Waals surface area (Å²) in [5, 5.41) is 34.0. The topological polar surface area (TPSA) is 344 Å². The molecule has 6 aromatic rings. The molecule has 0 spiro atoms. The summed E-state index contributed by atoms with van der Waals surface area (Å²) in [7, 11) is 0. The van der Waals surface area contributed by atoms with Crippen LogP contribution in [-0.2, 0) is 0 Å². The van der Waals surface area contributed by atoms with Crippen molar-refractivity contribution in [2.75, 3.05) is 34.5 Å². The zero-order chi connectivity index (χ0) is 65.1. The summed E-state index contributed by atoms with van der Waals surface area (Å²) in [5.41, 5.74) is 12.8. The number of primary amides is 2. The number of nitrogens with zero attached hydrogens (tertiary/aromatic N) is 2. The van der Waals surface area contributed by atoms with Crippen LogP contribution in [0.1, 0.15) is 158 Å². The second kappa shape index (κ2) is 31.8. The van der Waals surface area contributed by atoms with Crippen LogP contribution in [0.3, 0.4) is 0 Å². The fraction of sp³-hybridized carbons (Fsp3) is 0.344. The number of benzene rings is 6. The summed E-state index contributed by atoms with van der Waals surface area (Å²) < 4.78 is 34.9. The average molecular weight is 1210 g/mol. The van der Waals surface area contributed by atoms with Crippen molar-refractivity contribution in [3.8, 4) is 34.5 Å². The molecule has 0 heterocycles. The number of carbonyl (C=O) groups is 6. The predicted octanol–water partition coefficient (Wildman–Crippen LogP) is 12.4. The number of hydrogen-bond donors (Lipinski definition) is 6. The molecule has 0 radical (unpaired) electrons. The molecule has 0 fully saturated rings. The van der Waals surface area contributed by atoms with Gasteiger partial charge in [-0.3, -0.25) is 49.0 Å². The quantitative estimate of drug-likeness (QED) is 0.0196. The number of amides is 6. The molecule has 88 heavy (non-hydrogen) atoms. The van der Waals surface area contributed by atoms with Crippen molar-refractivity contribution >= 4 is 69.6 Å². The Labute approximate surface area is 510 Å². The van der Waals surface area contributed by atoms with E-state index in [1.807, 2.05) is 55.4 Å². The van der Waals surface area contributed by atoms with Gasteiger partial charge in [-0.25, -0.2) is 0 Å². The Morgan fingerprint density at radius 1 is 0.398 bits per heavy atom. The van der Waals surface area contributed by atoms with Gasteiger partial charge >= 0.3 is 11.4 Å². The first-order valence-electron chi connectivity index (χ1n) is 28.5. The fourth-order valence-electron chi connectivity index (χ4n) is 7.72. The Morgan fingerprint density at radius 2 is 0.670 bits per heavy atom. The summed E-state index contributed by atoms with van der Waals surface area (Å²) in [6, 6.07) is 25.9. The molecule has 0 saturated heterocycles. The minimum atomic E-state index is -0.627. The number of nitrogens with two attached hydrogens (primary N) is 2. The monoisotopic (exact) mass is 1210 g/mol. The average Bonchev–Trinajstić information content (AvgIpc) is 1.53. The molecular weight excluding hydrogens is 1140 g/mol. The molecule has 6 rings (SSSR count). The molecule has 0 aliphatic carbocycles. The van der Waals surface area contributed by atoms with Crippen LogP contribution >= 0.6 is 0 Å². The van der Waals surface area contributed by atoms with Crippen LogP contribution < -0.4 is 61.2 Å². The van der Waals surface area contributed by atoms with Crippen molar-refractivity contribution < 1.29 is 67.0 Å². The summed E-state index contributed by atoms with van der Waals surface area (Å²) >= 11 is 0. The maximum absolute atomic E-state index is 13.4. The zero-order valence-electron chi connectivity index (χ0n) is 51.3. The number of nitro benzene ring substituents is 2. The normalized spacial score (nSPS) is 11.5. The van der Waals surface area contributed by atoms with Crippen molar-refractivity contribution in [2.45, 2.75) is 120 Å². The number of ether oxygens (including phenoxy) is 6. The lowest BCUT2D eigenvalue weighted by atomic mass is 10.1. The van der Waals surface area contributed by atoms with Crippen molar-refractivity contribution in [2.24, 2.45) is 23.3 Å². The molecule has 0 saturated carbocycles. The third-order valence-electron chi connectivity index (χ3n) is 12.5. The van der Waals surface area contributed by atoms with E-state index in [1.54, 1.807) is 39.8 Å². The Bertz CT molecular complexity index is 3530. The van der Waals surface area contributed by atoms with E-state index in [0.717, 1.165) is 0 Å². The highest BCUT2D eigenvalue weighted by Crippen LogP contribution is 2.36. The molecule has 8 N–H and O–H groups in total. The SMILES string of the molecule is CC(C)COc1cc(C(N)=O)ccc1NC(=O)c1ccc(NC(=O)c2ccc([N+](=O)[O-])c(OC(C)C)c2)c(OC(C)C)c1.CCC(C)Oc1cc(C(N)=O)ccc1NC(=O)c1ccc(NC(=O)c2ccc([N+](=O)[O-])c(OCC(C)C)c2)c(OC(C)CC)c1. The number of hydrogen-bond acceptors (Lipinski definition) is 16. The smallest absolute Gasteiger partial charge is 0.310 e. The molecule has 24 nitrogen and oxygen atoms in total.